The van der Waals surface area contributed by atoms with Crippen molar-refractivity contribution >= 4 is 34.8 Å². The smallest absolute Gasteiger partial charge is 0.242 e. The van der Waals surface area contributed by atoms with Gasteiger partial charge < -0.3 is 19.9 Å². The number of alkyl halides is 1. The van der Waals surface area contributed by atoms with E-state index in [1.54, 1.807) is 14.0 Å². The van der Waals surface area contributed by atoms with Crippen molar-refractivity contribution in [1.82, 2.24) is 4.90 Å². The third-order valence-corrected chi connectivity index (χ3v) is 5.21. The highest BCUT2D eigenvalue weighted by Crippen LogP contribution is 2.20. The molecule has 1 N–H and O–H groups in total. The maximum Gasteiger partial charge on any atom is 0.242 e. The molecule has 7 heteroatoms. The fraction of sp³-hybridized carbons (Fsp3) is 0.364. The van der Waals surface area contributed by atoms with Crippen LogP contribution in [0.4, 0.5) is 11.4 Å². The Kier molecular flexibility index (Phi) is 6.99. The second kappa shape index (κ2) is 9.65. The van der Waals surface area contributed by atoms with Crippen molar-refractivity contribution in [2.24, 2.45) is 0 Å². The number of carbonyl (C=O) groups excluding carboxylic acids is 2. The topological polar surface area (TPSA) is 61.9 Å². The van der Waals surface area contributed by atoms with Crippen molar-refractivity contribution in [3.05, 3.63) is 54.1 Å². The van der Waals surface area contributed by atoms with Crippen LogP contribution < -0.4 is 15.0 Å². The standard InChI is InChI=1S/C22H26ClN3O3/c1-16(23)22(28)24-18-5-7-19(8-6-18)25-11-13-26(14-12-25)21(27)15-17-3-9-20(29-2)10-4-17/h3-10,16H,11-15H2,1-2H3,(H,24,28). The Morgan fingerprint density at radius 3 is 2.21 bits per heavy atom. The molecule has 1 saturated heterocycles. The van der Waals surface area contributed by atoms with Gasteiger partial charge in [0, 0.05) is 37.6 Å². The molecule has 0 radical (unpaired) electrons. The molecule has 154 valence electrons. The van der Waals surface area contributed by atoms with Crippen LogP contribution in [0.2, 0.25) is 0 Å². The van der Waals surface area contributed by atoms with Gasteiger partial charge in [-0.05, 0) is 48.9 Å². The summed E-state index contributed by atoms with van der Waals surface area (Å²) in [5, 5.41) is 2.20. The second-order valence-corrected chi connectivity index (χ2v) is 7.70. The molecular formula is C22H26ClN3O3. The number of nitrogens with zero attached hydrogens (tertiary/aromatic N) is 2. The molecule has 29 heavy (non-hydrogen) atoms. The van der Waals surface area contributed by atoms with Gasteiger partial charge in [-0.25, -0.2) is 0 Å². The lowest BCUT2D eigenvalue weighted by Crippen LogP contribution is -2.49. The van der Waals surface area contributed by atoms with Gasteiger partial charge in [-0.2, -0.15) is 0 Å². The molecule has 1 atom stereocenters. The number of amides is 2. The number of nitrogens with one attached hydrogen (secondary N) is 1. The summed E-state index contributed by atoms with van der Waals surface area (Å²) in [7, 11) is 1.63. The maximum atomic E-state index is 12.6. The minimum atomic E-state index is -0.571. The van der Waals surface area contributed by atoms with E-state index >= 15 is 0 Å². The van der Waals surface area contributed by atoms with Crippen molar-refractivity contribution in [1.29, 1.82) is 0 Å². The Morgan fingerprint density at radius 2 is 1.66 bits per heavy atom. The molecule has 0 spiro atoms. The number of anilines is 2. The van der Waals surface area contributed by atoms with Crippen LogP contribution >= 0.6 is 11.6 Å². The number of halogens is 1. The average molecular weight is 416 g/mol. The van der Waals surface area contributed by atoms with Crippen LogP contribution in [0.5, 0.6) is 5.75 Å². The summed E-state index contributed by atoms with van der Waals surface area (Å²) in [4.78, 5) is 28.4. The molecule has 2 aromatic carbocycles. The lowest BCUT2D eigenvalue weighted by atomic mass is 10.1. The van der Waals surface area contributed by atoms with E-state index in [0.29, 0.717) is 19.5 Å². The molecular weight excluding hydrogens is 390 g/mol. The highest BCUT2D eigenvalue weighted by Gasteiger charge is 2.21. The zero-order chi connectivity index (χ0) is 20.8. The maximum absolute atomic E-state index is 12.6. The van der Waals surface area contributed by atoms with Gasteiger partial charge in [-0.1, -0.05) is 12.1 Å². The van der Waals surface area contributed by atoms with Gasteiger partial charge in [0.15, 0.2) is 0 Å². The first-order valence-corrected chi connectivity index (χ1v) is 10.1. The summed E-state index contributed by atoms with van der Waals surface area (Å²) in [6.45, 7) is 4.58. The van der Waals surface area contributed by atoms with Crippen molar-refractivity contribution < 1.29 is 14.3 Å². The molecule has 2 aromatic rings. The molecule has 1 aliphatic rings. The van der Waals surface area contributed by atoms with E-state index in [4.69, 9.17) is 16.3 Å². The Morgan fingerprint density at radius 1 is 1.03 bits per heavy atom. The highest BCUT2D eigenvalue weighted by molar-refractivity contribution is 6.32. The molecule has 1 heterocycles. The lowest BCUT2D eigenvalue weighted by molar-refractivity contribution is -0.130. The molecule has 3 rings (SSSR count). The Hall–Kier alpha value is -2.73. The van der Waals surface area contributed by atoms with Crippen LogP contribution in [0.3, 0.4) is 0 Å². The van der Waals surface area contributed by atoms with Crippen molar-refractivity contribution in [3.63, 3.8) is 0 Å². The zero-order valence-electron chi connectivity index (χ0n) is 16.7. The zero-order valence-corrected chi connectivity index (χ0v) is 17.5. The Labute approximate surface area is 176 Å². The Balaban J connectivity index is 1.50. The molecule has 6 nitrogen and oxygen atoms in total. The number of hydrogen-bond donors (Lipinski definition) is 1. The summed E-state index contributed by atoms with van der Waals surface area (Å²) < 4.78 is 5.15. The number of carbonyl (C=O) groups is 2. The molecule has 0 aliphatic carbocycles. The molecule has 0 aromatic heterocycles. The quantitative estimate of drug-likeness (QED) is 0.736. The number of hydrogen-bond acceptors (Lipinski definition) is 4. The van der Waals surface area contributed by atoms with E-state index in [2.05, 4.69) is 10.2 Å². The van der Waals surface area contributed by atoms with Crippen molar-refractivity contribution in [3.8, 4) is 5.75 Å². The first-order chi connectivity index (χ1) is 14.0. The lowest BCUT2D eigenvalue weighted by Gasteiger charge is -2.36. The van der Waals surface area contributed by atoms with Crippen LogP contribution in [0, 0.1) is 0 Å². The number of piperazine rings is 1. The van der Waals surface area contributed by atoms with Gasteiger partial charge in [0.1, 0.15) is 11.1 Å². The van der Waals surface area contributed by atoms with E-state index in [-0.39, 0.29) is 11.8 Å². The van der Waals surface area contributed by atoms with Crippen molar-refractivity contribution in [2.75, 3.05) is 43.5 Å². The average Bonchev–Trinajstić information content (AvgIpc) is 2.75. The fourth-order valence-electron chi connectivity index (χ4n) is 3.24. The summed E-state index contributed by atoms with van der Waals surface area (Å²) in [5.41, 5.74) is 2.78. The predicted octanol–water partition coefficient (Wildman–Crippen LogP) is 3.15. The minimum absolute atomic E-state index is 0.142. The van der Waals surface area contributed by atoms with Crippen LogP contribution in [0.15, 0.2) is 48.5 Å². The predicted molar refractivity (Wildman–Crippen MR) is 116 cm³/mol. The molecule has 2 amide bonds. The van der Waals surface area contributed by atoms with E-state index in [0.717, 1.165) is 35.8 Å². The number of methoxy groups -OCH3 is 1. The summed E-state index contributed by atoms with van der Waals surface area (Å²) >= 11 is 5.78. The SMILES string of the molecule is COc1ccc(CC(=O)N2CCN(c3ccc(NC(=O)C(C)Cl)cc3)CC2)cc1. The molecule has 1 fully saturated rings. The van der Waals surface area contributed by atoms with Crippen LogP contribution in [0.25, 0.3) is 0 Å². The number of ether oxygens (including phenoxy) is 1. The van der Waals surface area contributed by atoms with Gasteiger partial charge in [-0.15, -0.1) is 11.6 Å². The molecule has 1 unspecified atom stereocenters. The van der Waals surface area contributed by atoms with Gasteiger partial charge in [0.2, 0.25) is 11.8 Å². The fourth-order valence-corrected chi connectivity index (χ4v) is 3.30. The third kappa shape index (κ3) is 5.64. The first kappa shape index (κ1) is 21.0. The first-order valence-electron chi connectivity index (χ1n) is 9.67. The normalized spacial score (nSPS) is 15.0. The van der Waals surface area contributed by atoms with Gasteiger partial charge in [0.05, 0.1) is 13.5 Å². The van der Waals surface area contributed by atoms with E-state index in [1.807, 2.05) is 53.4 Å². The van der Waals surface area contributed by atoms with E-state index in [9.17, 15) is 9.59 Å². The van der Waals surface area contributed by atoms with E-state index in [1.165, 1.54) is 0 Å². The van der Waals surface area contributed by atoms with Gasteiger partial charge in [-0.3, -0.25) is 9.59 Å². The molecule has 0 saturated carbocycles. The minimum Gasteiger partial charge on any atom is -0.497 e. The van der Waals surface area contributed by atoms with Crippen LogP contribution in [0.1, 0.15) is 12.5 Å². The summed E-state index contributed by atoms with van der Waals surface area (Å²) in [6, 6.07) is 15.3. The third-order valence-electron chi connectivity index (χ3n) is 5.01. The monoisotopic (exact) mass is 415 g/mol. The molecule has 1 aliphatic heterocycles. The van der Waals surface area contributed by atoms with Crippen LogP contribution in [-0.2, 0) is 16.0 Å². The van der Waals surface area contributed by atoms with Gasteiger partial charge >= 0.3 is 0 Å². The van der Waals surface area contributed by atoms with E-state index < -0.39 is 5.38 Å². The summed E-state index contributed by atoms with van der Waals surface area (Å²) in [5.74, 6) is 0.712. The Bertz CT molecular complexity index is 829. The highest BCUT2D eigenvalue weighted by atomic mass is 35.5. The van der Waals surface area contributed by atoms with Crippen molar-refractivity contribution in [2.45, 2.75) is 18.7 Å². The van der Waals surface area contributed by atoms with Crippen LogP contribution in [-0.4, -0.2) is 55.4 Å². The largest absolute Gasteiger partial charge is 0.497 e. The molecule has 0 bridgehead atoms. The van der Waals surface area contributed by atoms with Gasteiger partial charge in [0.25, 0.3) is 0 Å². The number of rotatable bonds is 6. The second-order valence-electron chi connectivity index (χ2n) is 7.04. The summed E-state index contributed by atoms with van der Waals surface area (Å²) in [6.07, 6.45) is 0.400. The number of benzene rings is 2.